The van der Waals surface area contributed by atoms with Crippen molar-refractivity contribution in [3.8, 4) is 0 Å². The number of benzene rings is 2. The number of furan rings is 1. The minimum absolute atomic E-state index is 0.0291. The first-order chi connectivity index (χ1) is 14.9. The van der Waals surface area contributed by atoms with Gasteiger partial charge >= 0.3 is 5.97 Å². The second-order valence-electron chi connectivity index (χ2n) is 7.73. The number of ether oxygens (including phenoxy) is 1. The molecule has 1 saturated heterocycles. The Morgan fingerprint density at radius 2 is 1.90 bits per heavy atom. The van der Waals surface area contributed by atoms with Gasteiger partial charge in [-0.1, -0.05) is 12.1 Å². The Labute approximate surface area is 180 Å². The van der Waals surface area contributed by atoms with Crippen LogP contribution in [0.4, 0.5) is 11.4 Å². The van der Waals surface area contributed by atoms with Gasteiger partial charge in [-0.15, -0.1) is 0 Å². The van der Waals surface area contributed by atoms with Crippen LogP contribution in [0.1, 0.15) is 29.5 Å². The highest BCUT2D eigenvalue weighted by Gasteiger charge is 2.21. The van der Waals surface area contributed by atoms with Crippen LogP contribution in [0.2, 0.25) is 0 Å². The smallest absolute Gasteiger partial charge is 0.310 e. The topological polar surface area (TPSA) is 88.9 Å². The van der Waals surface area contributed by atoms with Crippen molar-refractivity contribution in [3.63, 3.8) is 0 Å². The summed E-state index contributed by atoms with van der Waals surface area (Å²) in [6.45, 7) is 4.32. The predicted molar refractivity (Wildman–Crippen MR) is 117 cm³/mol. The Balaban J connectivity index is 1.29. The molecular weight excluding hydrogens is 396 g/mol. The molecule has 0 bridgehead atoms. The predicted octanol–water partition coefficient (Wildman–Crippen LogP) is 3.90. The normalized spacial score (nSPS) is 13.6. The van der Waals surface area contributed by atoms with Gasteiger partial charge in [0.25, 0.3) is 5.91 Å². The highest BCUT2D eigenvalue weighted by molar-refractivity contribution is 5.96. The highest BCUT2D eigenvalue weighted by Crippen LogP contribution is 2.27. The van der Waals surface area contributed by atoms with Gasteiger partial charge in [-0.05, 0) is 55.7 Å². The van der Waals surface area contributed by atoms with Gasteiger partial charge < -0.3 is 19.4 Å². The summed E-state index contributed by atoms with van der Waals surface area (Å²) in [6, 6.07) is 10.9. The van der Waals surface area contributed by atoms with E-state index >= 15 is 0 Å². The lowest BCUT2D eigenvalue weighted by Crippen LogP contribution is -2.24. The van der Waals surface area contributed by atoms with Crippen LogP contribution in [0, 0.1) is 13.8 Å². The first-order valence-corrected chi connectivity index (χ1v) is 10.2. The molecule has 4 rings (SSSR count). The van der Waals surface area contributed by atoms with E-state index in [1.165, 1.54) is 0 Å². The Kier molecular flexibility index (Phi) is 5.75. The van der Waals surface area contributed by atoms with Gasteiger partial charge in [-0.2, -0.15) is 0 Å². The van der Waals surface area contributed by atoms with Crippen molar-refractivity contribution in [2.75, 3.05) is 23.4 Å². The minimum Gasteiger partial charge on any atom is -0.464 e. The number of nitrogens with one attached hydrogen (secondary N) is 1. The molecule has 1 aliphatic heterocycles. The third kappa shape index (κ3) is 4.45. The summed E-state index contributed by atoms with van der Waals surface area (Å²) in [5.74, 6) is -0.819. The average Bonchev–Trinajstić information content (AvgIpc) is 3.36. The molecule has 0 radical (unpaired) electrons. The summed E-state index contributed by atoms with van der Waals surface area (Å²) in [7, 11) is 0. The maximum absolute atomic E-state index is 12.2. The molecule has 1 N–H and O–H groups in total. The first kappa shape index (κ1) is 20.7. The molecule has 7 nitrogen and oxygen atoms in total. The van der Waals surface area contributed by atoms with Crippen LogP contribution in [0.15, 0.2) is 47.1 Å². The Hall–Kier alpha value is -3.61. The monoisotopic (exact) mass is 420 g/mol. The van der Waals surface area contributed by atoms with Gasteiger partial charge in [0.2, 0.25) is 5.91 Å². The van der Waals surface area contributed by atoms with E-state index < -0.39 is 11.9 Å². The van der Waals surface area contributed by atoms with Crippen LogP contribution in [0.25, 0.3) is 11.0 Å². The quantitative estimate of drug-likeness (QED) is 0.611. The Bertz CT molecular complexity index is 1150. The van der Waals surface area contributed by atoms with E-state index in [1.807, 2.05) is 26.0 Å². The summed E-state index contributed by atoms with van der Waals surface area (Å²) >= 11 is 0. The zero-order valence-corrected chi connectivity index (χ0v) is 17.6. The summed E-state index contributed by atoms with van der Waals surface area (Å²) in [5.41, 5.74) is 5.03. The van der Waals surface area contributed by atoms with Gasteiger partial charge in [-0.3, -0.25) is 14.4 Å². The van der Waals surface area contributed by atoms with E-state index in [-0.39, 0.29) is 18.9 Å². The van der Waals surface area contributed by atoms with Gasteiger partial charge in [0.15, 0.2) is 6.61 Å². The SMILES string of the molecule is Cc1ccc2c(CC(=O)OCC(=O)Nc3ccc(N4CCCC4=O)cc3)coc2c1C. The van der Waals surface area contributed by atoms with Crippen molar-refractivity contribution in [2.45, 2.75) is 33.1 Å². The lowest BCUT2D eigenvalue weighted by Gasteiger charge is -2.16. The number of hydrogen-bond acceptors (Lipinski definition) is 5. The Morgan fingerprint density at radius 1 is 1.13 bits per heavy atom. The van der Waals surface area contributed by atoms with Crippen LogP contribution in [0.3, 0.4) is 0 Å². The van der Waals surface area contributed by atoms with Gasteiger partial charge in [-0.25, -0.2) is 0 Å². The molecule has 0 atom stereocenters. The number of amides is 2. The van der Waals surface area contributed by atoms with E-state index in [0.29, 0.717) is 18.7 Å². The number of carbonyl (C=O) groups excluding carboxylic acids is 3. The molecule has 3 aromatic rings. The second kappa shape index (κ2) is 8.63. The maximum Gasteiger partial charge on any atom is 0.310 e. The van der Waals surface area contributed by atoms with E-state index in [4.69, 9.17) is 9.15 Å². The molecule has 0 unspecified atom stereocenters. The number of aryl methyl sites for hydroxylation is 2. The van der Waals surface area contributed by atoms with Crippen molar-refractivity contribution in [2.24, 2.45) is 0 Å². The average molecular weight is 420 g/mol. The zero-order chi connectivity index (χ0) is 22.0. The van der Waals surface area contributed by atoms with Gasteiger partial charge in [0.05, 0.1) is 12.7 Å². The molecule has 1 fully saturated rings. The number of hydrogen-bond donors (Lipinski definition) is 1. The van der Waals surface area contributed by atoms with Crippen molar-refractivity contribution >= 4 is 40.1 Å². The van der Waals surface area contributed by atoms with Crippen LogP contribution >= 0.6 is 0 Å². The van der Waals surface area contributed by atoms with Crippen LogP contribution in [0.5, 0.6) is 0 Å². The number of anilines is 2. The third-order valence-electron chi connectivity index (χ3n) is 5.58. The summed E-state index contributed by atoms with van der Waals surface area (Å²) < 4.78 is 10.7. The highest BCUT2D eigenvalue weighted by atomic mass is 16.5. The third-order valence-corrected chi connectivity index (χ3v) is 5.58. The molecule has 7 heteroatoms. The van der Waals surface area contributed by atoms with E-state index in [2.05, 4.69) is 5.32 Å². The zero-order valence-electron chi connectivity index (χ0n) is 17.6. The lowest BCUT2D eigenvalue weighted by atomic mass is 10.0. The van der Waals surface area contributed by atoms with Gasteiger partial charge in [0, 0.05) is 35.3 Å². The number of rotatable bonds is 6. The number of carbonyl (C=O) groups is 3. The number of esters is 1. The first-order valence-electron chi connectivity index (χ1n) is 10.2. The van der Waals surface area contributed by atoms with Crippen molar-refractivity contribution in [1.29, 1.82) is 0 Å². The molecule has 0 spiro atoms. The molecule has 2 amide bonds. The van der Waals surface area contributed by atoms with Crippen molar-refractivity contribution in [3.05, 3.63) is 59.4 Å². The summed E-state index contributed by atoms with van der Waals surface area (Å²) in [6.07, 6.45) is 3.01. The standard InChI is InChI=1S/C24H24N2O5/c1-15-5-10-20-17(13-31-24(20)16(15)2)12-23(29)30-14-21(27)25-18-6-8-19(9-7-18)26-11-3-4-22(26)28/h5-10,13H,3-4,11-12,14H2,1-2H3,(H,25,27). The number of nitrogens with zero attached hydrogens (tertiary/aromatic N) is 1. The molecule has 1 aliphatic rings. The second-order valence-corrected chi connectivity index (χ2v) is 7.73. The van der Waals surface area contributed by atoms with Crippen LogP contribution < -0.4 is 10.2 Å². The van der Waals surface area contributed by atoms with E-state index in [1.54, 1.807) is 35.4 Å². The molecule has 0 saturated carbocycles. The summed E-state index contributed by atoms with van der Waals surface area (Å²) in [5, 5.41) is 3.57. The van der Waals surface area contributed by atoms with Gasteiger partial charge in [0.1, 0.15) is 5.58 Å². The fourth-order valence-electron chi connectivity index (χ4n) is 3.72. The maximum atomic E-state index is 12.2. The molecule has 2 aromatic carbocycles. The molecule has 160 valence electrons. The van der Waals surface area contributed by atoms with Crippen molar-refractivity contribution < 1.29 is 23.5 Å². The fraction of sp³-hybridized carbons (Fsp3) is 0.292. The largest absolute Gasteiger partial charge is 0.464 e. The molecular formula is C24H24N2O5. The Morgan fingerprint density at radius 3 is 2.61 bits per heavy atom. The van der Waals surface area contributed by atoms with E-state index in [0.717, 1.165) is 39.8 Å². The van der Waals surface area contributed by atoms with Crippen LogP contribution in [-0.4, -0.2) is 30.9 Å². The molecule has 0 aliphatic carbocycles. The fourth-order valence-corrected chi connectivity index (χ4v) is 3.72. The number of fused-ring (bicyclic) bond motifs is 1. The summed E-state index contributed by atoms with van der Waals surface area (Å²) in [4.78, 5) is 37.9. The van der Waals surface area contributed by atoms with Crippen LogP contribution in [-0.2, 0) is 25.5 Å². The van der Waals surface area contributed by atoms with Crippen molar-refractivity contribution in [1.82, 2.24) is 0 Å². The molecule has 31 heavy (non-hydrogen) atoms. The lowest BCUT2D eigenvalue weighted by molar-refractivity contribution is -0.146. The molecule has 1 aromatic heterocycles. The minimum atomic E-state index is -0.501. The van der Waals surface area contributed by atoms with E-state index in [9.17, 15) is 14.4 Å². The molecule has 2 heterocycles.